The Morgan fingerprint density at radius 3 is 2.65 bits per heavy atom. The van der Waals surface area contributed by atoms with Crippen molar-refractivity contribution in [2.45, 2.75) is 19.1 Å². The molecule has 20 heavy (non-hydrogen) atoms. The fourth-order valence-electron chi connectivity index (χ4n) is 1.68. The maximum atomic E-state index is 12.1. The molecule has 0 heterocycles. The van der Waals surface area contributed by atoms with E-state index in [0.29, 0.717) is 17.5 Å². The summed E-state index contributed by atoms with van der Waals surface area (Å²) in [5, 5.41) is 3.30. The number of guanidine groups is 1. The number of nitrogens with one attached hydrogen (secondary N) is 1. The highest BCUT2D eigenvalue weighted by Gasteiger charge is 2.26. The molecule has 0 unspecified atom stereocenters. The zero-order valence-electron chi connectivity index (χ0n) is 11.3. The highest BCUT2D eigenvalue weighted by molar-refractivity contribution is 6.30. The van der Waals surface area contributed by atoms with Gasteiger partial charge in [0, 0.05) is 32.2 Å². The molecule has 0 amide bonds. The van der Waals surface area contributed by atoms with Crippen LogP contribution in [0.25, 0.3) is 0 Å². The second-order valence-corrected chi connectivity index (χ2v) is 4.76. The summed E-state index contributed by atoms with van der Waals surface area (Å²) in [6.45, 7) is 0.308. The number of rotatable bonds is 4. The van der Waals surface area contributed by atoms with Crippen molar-refractivity contribution < 1.29 is 13.2 Å². The van der Waals surface area contributed by atoms with Crippen LogP contribution in [0, 0.1) is 0 Å². The molecular formula is C13H17ClF3N3. The van der Waals surface area contributed by atoms with Gasteiger partial charge in [-0.1, -0.05) is 23.7 Å². The Morgan fingerprint density at radius 1 is 1.40 bits per heavy atom. The molecule has 0 bridgehead atoms. The topological polar surface area (TPSA) is 27.6 Å². The molecule has 1 aromatic carbocycles. The summed E-state index contributed by atoms with van der Waals surface area (Å²) in [4.78, 5) is 5.70. The molecular weight excluding hydrogens is 291 g/mol. The van der Waals surface area contributed by atoms with Gasteiger partial charge < -0.3 is 10.2 Å². The van der Waals surface area contributed by atoms with Crippen molar-refractivity contribution in [3.8, 4) is 0 Å². The molecule has 0 radical (unpaired) electrons. The van der Waals surface area contributed by atoms with E-state index < -0.39 is 12.6 Å². The first-order chi connectivity index (χ1) is 9.31. The van der Waals surface area contributed by atoms with Gasteiger partial charge in [-0.2, -0.15) is 13.2 Å². The minimum absolute atomic E-state index is 0.198. The van der Waals surface area contributed by atoms with Gasteiger partial charge in [0.05, 0.1) is 6.42 Å². The van der Waals surface area contributed by atoms with Crippen molar-refractivity contribution >= 4 is 17.6 Å². The zero-order valence-corrected chi connectivity index (χ0v) is 12.1. The van der Waals surface area contributed by atoms with E-state index in [9.17, 15) is 13.2 Å². The van der Waals surface area contributed by atoms with Crippen LogP contribution in [0.15, 0.2) is 29.3 Å². The molecule has 1 aromatic rings. The maximum Gasteiger partial charge on any atom is 0.390 e. The molecule has 0 aliphatic carbocycles. The molecule has 0 aromatic heterocycles. The summed E-state index contributed by atoms with van der Waals surface area (Å²) in [6, 6.07) is 7.29. The Kier molecular flexibility index (Phi) is 6.13. The summed E-state index contributed by atoms with van der Waals surface area (Å²) >= 11 is 5.89. The number of benzene rings is 1. The van der Waals surface area contributed by atoms with Gasteiger partial charge in [-0.05, 0) is 17.7 Å². The summed E-state index contributed by atoms with van der Waals surface area (Å²) in [6.07, 6.45) is -5.06. The van der Waals surface area contributed by atoms with Crippen molar-refractivity contribution in [3.63, 3.8) is 0 Å². The van der Waals surface area contributed by atoms with Crippen LogP contribution in [0.5, 0.6) is 0 Å². The highest BCUT2D eigenvalue weighted by Crippen LogP contribution is 2.18. The number of aliphatic imine (C=N–C) groups is 1. The lowest BCUT2D eigenvalue weighted by Crippen LogP contribution is -2.39. The number of alkyl halides is 3. The predicted molar refractivity (Wildman–Crippen MR) is 75.0 cm³/mol. The van der Waals surface area contributed by atoms with E-state index in [4.69, 9.17) is 11.6 Å². The molecule has 0 aliphatic rings. The first kappa shape index (κ1) is 16.6. The largest absolute Gasteiger partial charge is 0.390 e. The van der Waals surface area contributed by atoms with Crippen molar-refractivity contribution in [2.24, 2.45) is 4.99 Å². The highest BCUT2D eigenvalue weighted by atomic mass is 35.5. The summed E-state index contributed by atoms with van der Waals surface area (Å²) in [7, 11) is 3.29. The Morgan fingerprint density at radius 2 is 2.10 bits per heavy atom. The smallest absolute Gasteiger partial charge is 0.356 e. The molecule has 0 saturated carbocycles. The minimum Gasteiger partial charge on any atom is -0.356 e. The van der Waals surface area contributed by atoms with E-state index in [1.807, 2.05) is 12.1 Å². The molecule has 7 heteroatoms. The Balaban J connectivity index is 2.53. The van der Waals surface area contributed by atoms with Gasteiger partial charge in [-0.15, -0.1) is 0 Å². The summed E-state index contributed by atoms with van der Waals surface area (Å²) in [5.41, 5.74) is 0.957. The van der Waals surface area contributed by atoms with Gasteiger partial charge in [-0.25, -0.2) is 0 Å². The second-order valence-electron chi connectivity index (χ2n) is 4.33. The lowest BCUT2D eigenvalue weighted by Gasteiger charge is -2.22. The third-order valence-corrected chi connectivity index (χ3v) is 2.81. The monoisotopic (exact) mass is 307 g/mol. The molecule has 0 fully saturated rings. The third kappa shape index (κ3) is 6.14. The summed E-state index contributed by atoms with van der Waals surface area (Å²) < 4.78 is 36.3. The Bertz CT molecular complexity index is 460. The third-order valence-electron chi connectivity index (χ3n) is 2.57. The van der Waals surface area contributed by atoms with Crippen LogP contribution in [-0.4, -0.2) is 37.7 Å². The van der Waals surface area contributed by atoms with E-state index in [2.05, 4.69) is 10.3 Å². The van der Waals surface area contributed by atoms with Crippen LogP contribution >= 0.6 is 11.6 Å². The van der Waals surface area contributed by atoms with Gasteiger partial charge >= 0.3 is 6.18 Å². The van der Waals surface area contributed by atoms with Crippen LogP contribution in [0.4, 0.5) is 13.2 Å². The van der Waals surface area contributed by atoms with Crippen molar-refractivity contribution in [1.29, 1.82) is 0 Å². The van der Waals surface area contributed by atoms with E-state index in [0.717, 1.165) is 5.56 Å². The minimum atomic E-state index is -4.17. The van der Waals surface area contributed by atoms with Crippen LogP contribution in [0.2, 0.25) is 5.02 Å². The van der Waals surface area contributed by atoms with Gasteiger partial charge in [-0.3, -0.25) is 4.99 Å². The fourth-order valence-corrected chi connectivity index (χ4v) is 1.90. The molecule has 0 spiro atoms. The Labute approximate surface area is 121 Å². The first-order valence-corrected chi connectivity index (χ1v) is 6.42. The molecule has 0 aliphatic heterocycles. The standard InChI is InChI=1S/C13H17ClF3N3/c1-18-12(19-7-6-13(15,16)17)20(2)9-10-4-3-5-11(14)8-10/h3-5,8H,6-7,9H2,1-2H3,(H,18,19). The van der Waals surface area contributed by atoms with Crippen molar-refractivity contribution in [1.82, 2.24) is 10.2 Å². The normalized spacial score (nSPS) is 12.4. The van der Waals surface area contributed by atoms with E-state index >= 15 is 0 Å². The van der Waals surface area contributed by atoms with Crippen LogP contribution < -0.4 is 5.32 Å². The van der Waals surface area contributed by atoms with Crippen LogP contribution in [0.3, 0.4) is 0 Å². The van der Waals surface area contributed by atoms with Gasteiger partial charge in [0.2, 0.25) is 0 Å². The average molecular weight is 308 g/mol. The molecule has 3 nitrogen and oxygen atoms in total. The van der Waals surface area contributed by atoms with E-state index in [1.54, 1.807) is 24.1 Å². The Hall–Kier alpha value is -1.43. The number of halogens is 4. The maximum absolute atomic E-state index is 12.1. The number of nitrogens with zero attached hydrogens (tertiary/aromatic N) is 2. The summed E-state index contributed by atoms with van der Waals surface area (Å²) in [5.74, 6) is 0.411. The molecule has 1 rings (SSSR count). The predicted octanol–water partition coefficient (Wildman–Crippen LogP) is 3.30. The van der Waals surface area contributed by atoms with Crippen LogP contribution in [0.1, 0.15) is 12.0 Å². The fraction of sp³-hybridized carbons (Fsp3) is 0.462. The zero-order chi connectivity index (χ0) is 15.2. The molecule has 0 atom stereocenters. The average Bonchev–Trinajstić information content (AvgIpc) is 2.33. The van der Waals surface area contributed by atoms with Gasteiger partial charge in [0.25, 0.3) is 0 Å². The quantitative estimate of drug-likeness (QED) is 0.683. The lowest BCUT2D eigenvalue weighted by atomic mass is 10.2. The first-order valence-electron chi connectivity index (χ1n) is 6.05. The molecule has 112 valence electrons. The van der Waals surface area contributed by atoms with Crippen molar-refractivity contribution in [3.05, 3.63) is 34.9 Å². The molecule has 0 saturated heterocycles. The second kappa shape index (κ2) is 7.38. The SMILES string of the molecule is CN=C(NCCC(F)(F)F)N(C)Cc1cccc(Cl)c1. The number of hydrogen-bond acceptors (Lipinski definition) is 1. The number of hydrogen-bond donors (Lipinski definition) is 1. The van der Waals surface area contributed by atoms with Crippen LogP contribution in [-0.2, 0) is 6.54 Å². The lowest BCUT2D eigenvalue weighted by molar-refractivity contribution is -0.132. The van der Waals surface area contributed by atoms with E-state index in [-0.39, 0.29) is 6.54 Å². The van der Waals surface area contributed by atoms with Crippen molar-refractivity contribution in [2.75, 3.05) is 20.6 Å². The van der Waals surface area contributed by atoms with Gasteiger partial charge in [0.1, 0.15) is 0 Å². The van der Waals surface area contributed by atoms with Gasteiger partial charge in [0.15, 0.2) is 5.96 Å². The van der Waals surface area contributed by atoms with E-state index in [1.165, 1.54) is 7.05 Å². The molecule has 1 N–H and O–H groups in total.